The molecular formula is C9H13BrN2O2S. The van der Waals surface area contributed by atoms with Crippen molar-refractivity contribution in [3.63, 3.8) is 0 Å². The van der Waals surface area contributed by atoms with Gasteiger partial charge in [-0.25, -0.2) is 13.4 Å². The average molecular weight is 293 g/mol. The fourth-order valence-corrected chi connectivity index (χ4v) is 2.61. The Kier molecular flexibility index (Phi) is 4.10. The van der Waals surface area contributed by atoms with E-state index in [0.717, 1.165) is 5.69 Å². The fourth-order valence-electron chi connectivity index (χ4n) is 1.25. The predicted octanol–water partition coefficient (Wildman–Crippen LogP) is 1.69. The number of sulfone groups is 1. The lowest BCUT2D eigenvalue weighted by Crippen LogP contribution is -2.25. The van der Waals surface area contributed by atoms with Crippen LogP contribution in [0, 0.1) is 0 Å². The van der Waals surface area contributed by atoms with Crippen LogP contribution in [0.5, 0.6) is 0 Å². The van der Waals surface area contributed by atoms with Gasteiger partial charge in [-0.15, -0.1) is 0 Å². The van der Waals surface area contributed by atoms with Crippen molar-refractivity contribution in [1.82, 2.24) is 4.98 Å². The zero-order valence-electron chi connectivity index (χ0n) is 8.57. The molecule has 1 rings (SSSR count). The van der Waals surface area contributed by atoms with Crippen LogP contribution in [0.15, 0.2) is 22.9 Å². The second-order valence-corrected chi connectivity index (χ2v) is 6.42. The van der Waals surface area contributed by atoms with Crippen molar-refractivity contribution < 1.29 is 8.42 Å². The number of nitrogens with zero attached hydrogens (tertiary/aromatic N) is 1. The number of anilines is 1. The van der Waals surface area contributed by atoms with Crippen LogP contribution < -0.4 is 5.32 Å². The second-order valence-electron chi connectivity index (χ2n) is 3.48. The molecule has 1 unspecified atom stereocenters. The number of pyridine rings is 1. The van der Waals surface area contributed by atoms with Gasteiger partial charge in [0.2, 0.25) is 0 Å². The first-order valence-electron chi connectivity index (χ1n) is 4.43. The van der Waals surface area contributed by atoms with E-state index in [-0.39, 0.29) is 11.8 Å². The number of hydrogen-bond donors (Lipinski definition) is 1. The smallest absolute Gasteiger partial charge is 0.149 e. The maximum Gasteiger partial charge on any atom is 0.149 e. The summed E-state index contributed by atoms with van der Waals surface area (Å²) in [5.74, 6) is 0.105. The van der Waals surface area contributed by atoms with Crippen LogP contribution in [0.3, 0.4) is 0 Å². The largest absolute Gasteiger partial charge is 0.379 e. The maximum absolute atomic E-state index is 11.0. The van der Waals surface area contributed by atoms with Crippen LogP contribution in [-0.4, -0.2) is 31.5 Å². The molecule has 0 spiro atoms. The van der Waals surface area contributed by atoms with Crippen LogP contribution in [0.1, 0.15) is 6.92 Å². The number of rotatable bonds is 4. The van der Waals surface area contributed by atoms with Crippen molar-refractivity contribution in [1.29, 1.82) is 0 Å². The van der Waals surface area contributed by atoms with E-state index in [4.69, 9.17) is 0 Å². The van der Waals surface area contributed by atoms with E-state index in [2.05, 4.69) is 26.2 Å². The number of nitrogens with one attached hydrogen (secondary N) is 1. The molecular weight excluding hydrogens is 280 g/mol. The molecule has 0 saturated carbocycles. The molecule has 0 aliphatic carbocycles. The molecule has 1 N–H and O–H groups in total. The van der Waals surface area contributed by atoms with E-state index in [1.807, 2.05) is 13.0 Å². The van der Waals surface area contributed by atoms with Crippen molar-refractivity contribution in [2.24, 2.45) is 0 Å². The highest BCUT2D eigenvalue weighted by Crippen LogP contribution is 2.19. The monoisotopic (exact) mass is 292 g/mol. The Morgan fingerprint density at radius 1 is 1.60 bits per heavy atom. The zero-order valence-corrected chi connectivity index (χ0v) is 11.0. The Morgan fingerprint density at radius 2 is 2.27 bits per heavy atom. The van der Waals surface area contributed by atoms with Gasteiger partial charge in [0, 0.05) is 18.5 Å². The summed E-state index contributed by atoms with van der Waals surface area (Å²) in [6, 6.07) is 3.50. The standard InChI is InChI=1S/C9H13BrN2O2S/c1-7(6-15(2,13)14)12-8-4-3-5-11-9(8)10/h3-5,7,12H,6H2,1-2H3. The van der Waals surface area contributed by atoms with E-state index in [9.17, 15) is 8.42 Å². The minimum atomic E-state index is -2.95. The molecule has 1 aromatic rings. The van der Waals surface area contributed by atoms with Gasteiger partial charge in [-0.2, -0.15) is 0 Å². The summed E-state index contributed by atoms with van der Waals surface area (Å²) in [5.41, 5.74) is 0.800. The third-order valence-corrected chi connectivity index (χ3v) is 3.45. The van der Waals surface area contributed by atoms with Crippen molar-refractivity contribution >= 4 is 31.5 Å². The molecule has 4 nitrogen and oxygen atoms in total. The third-order valence-electron chi connectivity index (χ3n) is 1.71. The molecule has 1 heterocycles. The van der Waals surface area contributed by atoms with Gasteiger partial charge in [0.25, 0.3) is 0 Å². The van der Waals surface area contributed by atoms with Crippen LogP contribution >= 0.6 is 15.9 Å². The molecule has 1 atom stereocenters. The van der Waals surface area contributed by atoms with Crippen molar-refractivity contribution in [2.75, 3.05) is 17.3 Å². The van der Waals surface area contributed by atoms with Gasteiger partial charge in [0.1, 0.15) is 14.4 Å². The molecule has 0 radical (unpaired) electrons. The molecule has 15 heavy (non-hydrogen) atoms. The summed E-state index contributed by atoms with van der Waals surface area (Å²) in [7, 11) is -2.95. The third kappa shape index (κ3) is 4.61. The van der Waals surface area contributed by atoms with Gasteiger partial charge in [0.15, 0.2) is 0 Å². The van der Waals surface area contributed by atoms with Gasteiger partial charge in [-0.3, -0.25) is 0 Å². The summed E-state index contributed by atoms with van der Waals surface area (Å²) >= 11 is 3.28. The Bertz CT molecular complexity index is 433. The molecule has 0 fully saturated rings. The van der Waals surface area contributed by atoms with E-state index in [1.54, 1.807) is 12.3 Å². The second kappa shape index (κ2) is 4.94. The van der Waals surface area contributed by atoms with Gasteiger partial charge >= 0.3 is 0 Å². The van der Waals surface area contributed by atoms with Crippen LogP contribution in [-0.2, 0) is 9.84 Å². The molecule has 0 saturated heterocycles. The molecule has 0 aliphatic heterocycles. The molecule has 0 aromatic carbocycles. The highest BCUT2D eigenvalue weighted by atomic mass is 79.9. The Labute approximate surface area is 98.2 Å². The maximum atomic E-state index is 11.0. The topological polar surface area (TPSA) is 59.1 Å². The van der Waals surface area contributed by atoms with Crippen LogP contribution in [0.25, 0.3) is 0 Å². The van der Waals surface area contributed by atoms with E-state index < -0.39 is 9.84 Å². The number of aromatic nitrogens is 1. The molecule has 0 aliphatic rings. The summed E-state index contributed by atoms with van der Waals surface area (Å²) in [6.45, 7) is 1.82. The van der Waals surface area contributed by atoms with E-state index in [0.29, 0.717) is 4.60 Å². The summed E-state index contributed by atoms with van der Waals surface area (Å²) < 4.78 is 22.8. The Balaban J connectivity index is 2.67. The van der Waals surface area contributed by atoms with Crippen molar-refractivity contribution in [3.8, 4) is 0 Å². The quantitative estimate of drug-likeness (QED) is 0.858. The zero-order chi connectivity index (χ0) is 11.5. The highest BCUT2D eigenvalue weighted by molar-refractivity contribution is 9.10. The van der Waals surface area contributed by atoms with Gasteiger partial charge in [-0.1, -0.05) is 0 Å². The highest BCUT2D eigenvalue weighted by Gasteiger charge is 2.11. The van der Waals surface area contributed by atoms with Crippen molar-refractivity contribution in [3.05, 3.63) is 22.9 Å². The first kappa shape index (κ1) is 12.4. The lowest BCUT2D eigenvalue weighted by Gasteiger charge is -2.14. The predicted molar refractivity (Wildman–Crippen MR) is 64.7 cm³/mol. The van der Waals surface area contributed by atoms with Crippen LogP contribution in [0.4, 0.5) is 5.69 Å². The molecule has 1 aromatic heterocycles. The Morgan fingerprint density at radius 3 is 2.80 bits per heavy atom. The first-order chi connectivity index (χ1) is 6.88. The van der Waals surface area contributed by atoms with Gasteiger partial charge in [-0.05, 0) is 35.0 Å². The van der Waals surface area contributed by atoms with Crippen molar-refractivity contribution in [2.45, 2.75) is 13.0 Å². The first-order valence-corrected chi connectivity index (χ1v) is 7.28. The SMILES string of the molecule is CC(CS(C)(=O)=O)Nc1cccnc1Br. The van der Waals surface area contributed by atoms with Gasteiger partial charge < -0.3 is 5.32 Å². The lowest BCUT2D eigenvalue weighted by atomic mass is 10.3. The molecule has 0 amide bonds. The molecule has 0 bridgehead atoms. The lowest BCUT2D eigenvalue weighted by molar-refractivity contribution is 0.598. The van der Waals surface area contributed by atoms with Crippen LogP contribution in [0.2, 0.25) is 0 Å². The summed E-state index contributed by atoms with van der Waals surface area (Å²) in [6.07, 6.45) is 2.89. The van der Waals surface area contributed by atoms with Gasteiger partial charge in [0.05, 0.1) is 11.4 Å². The average Bonchev–Trinajstić information content (AvgIpc) is 2.05. The van der Waals surface area contributed by atoms with E-state index >= 15 is 0 Å². The molecule has 84 valence electrons. The van der Waals surface area contributed by atoms with E-state index in [1.165, 1.54) is 6.26 Å². The number of hydrogen-bond acceptors (Lipinski definition) is 4. The summed E-state index contributed by atoms with van der Waals surface area (Å²) in [4.78, 5) is 4.03. The summed E-state index contributed by atoms with van der Waals surface area (Å²) in [5, 5.41) is 3.08. The minimum absolute atomic E-state index is 0.105. The minimum Gasteiger partial charge on any atom is -0.379 e. The fraction of sp³-hybridized carbons (Fsp3) is 0.444. The number of halogens is 1. The molecule has 6 heteroatoms. The Hall–Kier alpha value is -0.620. The normalized spacial score (nSPS) is 13.5.